The van der Waals surface area contributed by atoms with Crippen molar-refractivity contribution in [3.8, 4) is 0 Å². The molecule has 0 aromatic heterocycles. The molecule has 1 saturated heterocycles. The lowest BCUT2D eigenvalue weighted by molar-refractivity contribution is 0.111. The highest BCUT2D eigenvalue weighted by Crippen LogP contribution is 2.21. The summed E-state index contributed by atoms with van der Waals surface area (Å²) < 4.78 is 5.33. The molecule has 0 saturated carbocycles. The first kappa shape index (κ1) is 6.38. The predicted molar refractivity (Wildman–Crippen MR) is 39.9 cm³/mol. The molecule has 2 rings (SSSR count). The predicted octanol–water partition coefficient (Wildman–Crippen LogP) is 0.552. The molecule has 1 fully saturated rings. The van der Waals surface area contributed by atoms with Crippen LogP contribution in [0.4, 0.5) is 0 Å². The fraction of sp³-hybridized carbons (Fsp3) is 0.750. The topological polar surface area (TPSA) is 21.3 Å². The highest BCUT2D eigenvalue weighted by Gasteiger charge is 2.20. The van der Waals surface area contributed by atoms with Crippen LogP contribution in [0, 0.1) is 5.92 Å². The summed E-state index contributed by atoms with van der Waals surface area (Å²) >= 11 is 0. The van der Waals surface area contributed by atoms with Crippen LogP contribution >= 0.6 is 0 Å². The molecule has 2 heterocycles. The van der Waals surface area contributed by atoms with Gasteiger partial charge in [-0.2, -0.15) is 0 Å². The molecule has 56 valence electrons. The maximum Gasteiger partial charge on any atom is 0.0650 e. The third-order valence-electron chi connectivity index (χ3n) is 2.31. The normalized spacial score (nSPS) is 32.8. The Labute approximate surface area is 61.3 Å². The van der Waals surface area contributed by atoms with E-state index in [9.17, 15) is 0 Å². The zero-order chi connectivity index (χ0) is 6.81. The number of hydrogen-bond acceptors (Lipinski definition) is 2. The number of rotatable bonds is 0. The van der Waals surface area contributed by atoms with Crippen molar-refractivity contribution in [3.63, 3.8) is 0 Å². The largest absolute Gasteiger partial charge is 0.377 e. The summed E-state index contributed by atoms with van der Waals surface area (Å²) in [5.41, 5.74) is 1.57. The van der Waals surface area contributed by atoms with Gasteiger partial charge < -0.3 is 10.1 Å². The van der Waals surface area contributed by atoms with E-state index in [4.69, 9.17) is 4.74 Å². The summed E-state index contributed by atoms with van der Waals surface area (Å²) in [6, 6.07) is 0. The Hall–Kier alpha value is -0.340. The summed E-state index contributed by atoms with van der Waals surface area (Å²) in [5.74, 6) is 0.731. The standard InChI is InChI=1S/C8H13NO/c1-3-9-5-7-2-4-10-6-8(1)7/h2,8-9H,1,3-6H2. The lowest BCUT2D eigenvalue weighted by atomic mass is 9.92. The average Bonchev–Trinajstić information content (AvgIpc) is 2.05. The van der Waals surface area contributed by atoms with Gasteiger partial charge in [-0.05, 0) is 13.0 Å². The fourth-order valence-electron chi connectivity index (χ4n) is 1.64. The van der Waals surface area contributed by atoms with Crippen LogP contribution < -0.4 is 5.32 Å². The molecule has 1 atom stereocenters. The van der Waals surface area contributed by atoms with Crippen LogP contribution in [-0.2, 0) is 4.74 Å². The lowest BCUT2D eigenvalue weighted by Crippen LogP contribution is -2.34. The van der Waals surface area contributed by atoms with E-state index in [0.717, 1.165) is 32.2 Å². The van der Waals surface area contributed by atoms with E-state index < -0.39 is 0 Å². The van der Waals surface area contributed by atoms with E-state index in [1.807, 2.05) is 0 Å². The minimum absolute atomic E-state index is 0.731. The van der Waals surface area contributed by atoms with Crippen molar-refractivity contribution >= 4 is 0 Å². The average molecular weight is 139 g/mol. The van der Waals surface area contributed by atoms with Gasteiger partial charge in [0, 0.05) is 12.5 Å². The van der Waals surface area contributed by atoms with Gasteiger partial charge >= 0.3 is 0 Å². The molecule has 2 heteroatoms. The molecule has 2 aliphatic heterocycles. The van der Waals surface area contributed by atoms with Crippen molar-refractivity contribution in [2.24, 2.45) is 5.92 Å². The van der Waals surface area contributed by atoms with Crippen LogP contribution in [0.15, 0.2) is 11.6 Å². The summed E-state index contributed by atoms with van der Waals surface area (Å²) in [6.45, 7) is 4.03. The second-order valence-corrected chi connectivity index (χ2v) is 2.98. The van der Waals surface area contributed by atoms with E-state index >= 15 is 0 Å². The van der Waals surface area contributed by atoms with Gasteiger partial charge in [-0.3, -0.25) is 0 Å². The van der Waals surface area contributed by atoms with Crippen LogP contribution in [0.2, 0.25) is 0 Å². The summed E-state index contributed by atoms with van der Waals surface area (Å²) in [6.07, 6.45) is 3.48. The van der Waals surface area contributed by atoms with Crippen LogP contribution in [0.1, 0.15) is 6.42 Å². The van der Waals surface area contributed by atoms with Crippen LogP contribution in [0.3, 0.4) is 0 Å². The Bertz CT molecular complexity index is 153. The van der Waals surface area contributed by atoms with Gasteiger partial charge in [0.2, 0.25) is 0 Å². The summed E-state index contributed by atoms with van der Waals surface area (Å²) in [7, 11) is 0. The number of fused-ring (bicyclic) bond motifs is 1. The minimum Gasteiger partial charge on any atom is -0.377 e. The van der Waals surface area contributed by atoms with Crippen molar-refractivity contribution in [2.75, 3.05) is 26.3 Å². The zero-order valence-electron chi connectivity index (χ0n) is 6.10. The molecule has 2 aliphatic rings. The molecule has 0 spiro atoms. The fourth-order valence-corrected chi connectivity index (χ4v) is 1.64. The number of piperidine rings is 1. The number of ether oxygens (including phenoxy) is 1. The molecule has 0 aromatic rings. The SMILES string of the molecule is C1=C2CNCCC2COC1. The van der Waals surface area contributed by atoms with E-state index in [1.54, 1.807) is 5.57 Å². The lowest BCUT2D eigenvalue weighted by Gasteiger charge is -2.29. The van der Waals surface area contributed by atoms with Crippen LogP contribution in [0.5, 0.6) is 0 Å². The maximum absolute atomic E-state index is 5.33. The first-order chi connectivity index (χ1) is 4.97. The van der Waals surface area contributed by atoms with Crippen molar-refractivity contribution in [1.29, 1.82) is 0 Å². The van der Waals surface area contributed by atoms with Crippen LogP contribution in [0.25, 0.3) is 0 Å². The zero-order valence-corrected chi connectivity index (χ0v) is 6.10. The first-order valence-corrected chi connectivity index (χ1v) is 3.94. The summed E-state index contributed by atoms with van der Waals surface area (Å²) in [4.78, 5) is 0. The molecular formula is C8H13NO. The van der Waals surface area contributed by atoms with Crippen molar-refractivity contribution < 1.29 is 4.74 Å². The van der Waals surface area contributed by atoms with Gasteiger partial charge in [-0.15, -0.1) is 0 Å². The molecule has 0 radical (unpaired) electrons. The van der Waals surface area contributed by atoms with Crippen molar-refractivity contribution in [1.82, 2.24) is 5.32 Å². The van der Waals surface area contributed by atoms with E-state index in [0.29, 0.717) is 0 Å². The minimum atomic E-state index is 0.731. The summed E-state index contributed by atoms with van der Waals surface area (Å²) in [5, 5.41) is 3.36. The second-order valence-electron chi connectivity index (χ2n) is 2.98. The first-order valence-electron chi connectivity index (χ1n) is 3.94. The molecule has 1 N–H and O–H groups in total. The Kier molecular flexibility index (Phi) is 1.74. The monoisotopic (exact) mass is 139 g/mol. The molecule has 1 unspecified atom stereocenters. The van der Waals surface area contributed by atoms with Gasteiger partial charge in [0.15, 0.2) is 0 Å². The Morgan fingerprint density at radius 1 is 1.60 bits per heavy atom. The van der Waals surface area contributed by atoms with Gasteiger partial charge in [0.05, 0.1) is 13.2 Å². The molecule has 0 aliphatic carbocycles. The molecular weight excluding hydrogens is 126 g/mol. The molecule has 0 bridgehead atoms. The van der Waals surface area contributed by atoms with E-state index in [1.165, 1.54) is 6.42 Å². The Morgan fingerprint density at radius 2 is 2.60 bits per heavy atom. The molecule has 2 nitrogen and oxygen atoms in total. The molecule has 0 amide bonds. The van der Waals surface area contributed by atoms with Crippen LogP contribution in [-0.4, -0.2) is 26.3 Å². The Morgan fingerprint density at radius 3 is 3.50 bits per heavy atom. The van der Waals surface area contributed by atoms with Gasteiger partial charge in [0.25, 0.3) is 0 Å². The smallest absolute Gasteiger partial charge is 0.0650 e. The maximum atomic E-state index is 5.33. The second kappa shape index (κ2) is 2.72. The third-order valence-corrected chi connectivity index (χ3v) is 2.31. The third kappa shape index (κ3) is 1.09. The quantitative estimate of drug-likeness (QED) is 0.495. The van der Waals surface area contributed by atoms with E-state index in [-0.39, 0.29) is 0 Å². The molecule has 0 aromatic carbocycles. The number of hydrogen-bond donors (Lipinski definition) is 1. The van der Waals surface area contributed by atoms with Gasteiger partial charge in [-0.25, -0.2) is 0 Å². The number of nitrogens with one attached hydrogen (secondary N) is 1. The van der Waals surface area contributed by atoms with Gasteiger partial charge in [0.1, 0.15) is 0 Å². The highest BCUT2D eigenvalue weighted by molar-refractivity contribution is 5.13. The Balaban J connectivity index is 2.08. The van der Waals surface area contributed by atoms with Gasteiger partial charge in [-0.1, -0.05) is 11.6 Å². The molecule has 10 heavy (non-hydrogen) atoms. The van der Waals surface area contributed by atoms with E-state index in [2.05, 4.69) is 11.4 Å². The van der Waals surface area contributed by atoms with Crippen molar-refractivity contribution in [3.05, 3.63) is 11.6 Å². The highest BCUT2D eigenvalue weighted by atomic mass is 16.5. The van der Waals surface area contributed by atoms with Crippen molar-refractivity contribution in [2.45, 2.75) is 6.42 Å².